The predicted octanol–water partition coefficient (Wildman–Crippen LogP) is 2.94. The van der Waals surface area contributed by atoms with Gasteiger partial charge in [-0.2, -0.15) is 5.10 Å². The van der Waals surface area contributed by atoms with Crippen LogP contribution in [0.15, 0.2) is 17.8 Å². The van der Waals surface area contributed by atoms with Gasteiger partial charge in [0.25, 0.3) is 0 Å². The molecule has 0 fully saturated rings. The molecule has 1 aromatic heterocycles. The van der Waals surface area contributed by atoms with Crippen LogP contribution in [0.25, 0.3) is 0 Å². The van der Waals surface area contributed by atoms with Crippen molar-refractivity contribution in [3.63, 3.8) is 0 Å². The summed E-state index contributed by atoms with van der Waals surface area (Å²) in [5.74, 6) is 1.46. The maximum Gasteiger partial charge on any atom is 0.162 e. The third kappa shape index (κ3) is 2.84. The molecule has 1 aromatic rings. The van der Waals surface area contributed by atoms with E-state index in [-0.39, 0.29) is 5.92 Å². The first-order chi connectivity index (χ1) is 9.06. The highest BCUT2D eigenvalue weighted by Crippen LogP contribution is 2.39. The van der Waals surface area contributed by atoms with Gasteiger partial charge in [-0.15, -0.1) is 0 Å². The van der Waals surface area contributed by atoms with Crippen LogP contribution in [-0.2, 0) is 6.54 Å². The monoisotopic (exact) mass is 264 g/mol. The molecule has 0 radical (unpaired) electrons. The Morgan fingerprint density at radius 1 is 1.58 bits per heavy atom. The van der Waals surface area contributed by atoms with Crippen molar-refractivity contribution in [1.29, 1.82) is 0 Å². The highest BCUT2D eigenvalue weighted by Gasteiger charge is 2.30. The Balaban J connectivity index is 2.26. The predicted molar refractivity (Wildman–Crippen MR) is 75.1 cm³/mol. The van der Waals surface area contributed by atoms with E-state index in [0.717, 1.165) is 25.1 Å². The van der Waals surface area contributed by atoms with E-state index in [1.165, 1.54) is 5.57 Å². The number of methoxy groups -OCH3 is 1. The fourth-order valence-corrected chi connectivity index (χ4v) is 3.15. The lowest BCUT2D eigenvalue weighted by atomic mass is 9.79. The van der Waals surface area contributed by atoms with Crippen molar-refractivity contribution in [3.8, 4) is 5.75 Å². The van der Waals surface area contributed by atoms with Crippen LogP contribution in [0, 0.1) is 11.8 Å². The lowest BCUT2D eigenvalue weighted by Crippen LogP contribution is -2.22. The smallest absolute Gasteiger partial charge is 0.162 e. The third-order valence-corrected chi connectivity index (χ3v) is 3.92. The maximum atomic E-state index is 10.7. The van der Waals surface area contributed by atoms with Crippen molar-refractivity contribution in [2.75, 3.05) is 7.11 Å². The molecule has 3 atom stereocenters. The first-order valence-corrected chi connectivity index (χ1v) is 7.01. The van der Waals surface area contributed by atoms with Gasteiger partial charge >= 0.3 is 0 Å². The summed E-state index contributed by atoms with van der Waals surface area (Å²) < 4.78 is 7.17. The summed E-state index contributed by atoms with van der Waals surface area (Å²) in [6.07, 6.45) is 5.44. The van der Waals surface area contributed by atoms with Gasteiger partial charge in [-0.25, -0.2) is 0 Å². The molecule has 1 N–H and O–H groups in total. The molecule has 0 bridgehead atoms. The van der Waals surface area contributed by atoms with Gasteiger partial charge in [0, 0.05) is 6.54 Å². The Morgan fingerprint density at radius 3 is 2.89 bits per heavy atom. The molecule has 0 spiro atoms. The van der Waals surface area contributed by atoms with E-state index in [1.54, 1.807) is 13.3 Å². The summed E-state index contributed by atoms with van der Waals surface area (Å²) >= 11 is 0. The second kappa shape index (κ2) is 5.78. The number of allylic oxidation sites excluding steroid dienone is 2. The molecule has 2 rings (SSSR count). The Morgan fingerprint density at radius 2 is 2.32 bits per heavy atom. The molecule has 1 aliphatic carbocycles. The molecule has 0 saturated heterocycles. The average molecular weight is 264 g/mol. The van der Waals surface area contributed by atoms with E-state index >= 15 is 0 Å². The van der Waals surface area contributed by atoms with E-state index in [9.17, 15) is 5.11 Å². The Labute approximate surface area is 115 Å². The maximum absolute atomic E-state index is 10.7. The molecule has 4 nitrogen and oxygen atoms in total. The van der Waals surface area contributed by atoms with Gasteiger partial charge in [-0.1, -0.05) is 18.6 Å². The van der Waals surface area contributed by atoms with E-state index in [2.05, 4.69) is 25.0 Å². The highest BCUT2D eigenvalue weighted by molar-refractivity contribution is 5.28. The Hall–Kier alpha value is -1.29. The van der Waals surface area contributed by atoms with Crippen molar-refractivity contribution in [3.05, 3.63) is 23.5 Å². The summed E-state index contributed by atoms with van der Waals surface area (Å²) in [7, 11) is 1.63. The SMILES string of the molecule is CCn1ncc(OC)c1C(O)C1CC(C)=CC(C)C1. The Bertz CT molecular complexity index is 443. The van der Waals surface area contributed by atoms with Gasteiger partial charge < -0.3 is 9.84 Å². The number of nitrogens with zero attached hydrogens (tertiary/aromatic N) is 2. The second-order valence-electron chi connectivity index (χ2n) is 5.55. The summed E-state index contributed by atoms with van der Waals surface area (Å²) in [5, 5.41) is 15.0. The number of ether oxygens (including phenoxy) is 1. The molecule has 0 aliphatic heterocycles. The minimum absolute atomic E-state index is 0.246. The number of aryl methyl sites for hydroxylation is 1. The molecular formula is C15H24N2O2. The van der Waals surface area contributed by atoms with Crippen LogP contribution in [0.3, 0.4) is 0 Å². The molecule has 1 aliphatic rings. The van der Waals surface area contributed by atoms with Crippen molar-refractivity contribution in [2.45, 2.75) is 46.3 Å². The molecule has 3 unspecified atom stereocenters. The summed E-state index contributed by atoms with van der Waals surface area (Å²) in [4.78, 5) is 0. The summed E-state index contributed by atoms with van der Waals surface area (Å²) in [6.45, 7) is 7.12. The molecule has 106 valence electrons. The molecule has 0 saturated carbocycles. The van der Waals surface area contributed by atoms with Gasteiger partial charge in [0.1, 0.15) is 11.8 Å². The molecule has 19 heavy (non-hydrogen) atoms. The lowest BCUT2D eigenvalue weighted by Gasteiger charge is -2.30. The normalized spacial score (nSPS) is 25.0. The van der Waals surface area contributed by atoms with Gasteiger partial charge in [-0.3, -0.25) is 4.68 Å². The largest absolute Gasteiger partial charge is 0.493 e. The zero-order valence-corrected chi connectivity index (χ0v) is 12.3. The number of aliphatic hydroxyl groups is 1. The third-order valence-electron chi connectivity index (χ3n) is 3.92. The summed E-state index contributed by atoms with van der Waals surface area (Å²) in [6, 6.07) is 0. The Kier molecular flexibility index (Phi) is 4.30. The number of rotatable bonds is 4. The highest BCUT2D eigenvalue weighted by atomic mass is 16.5. The summed E-state index contributed by atoms with van der Waals surface area (Å²) in [5.41, 5.74) is 2.18. The fraction of sp³-hybridized carbons (Fsp3) is 0.667. The van der Waals surface area contributed by atoms with Crippen LogP contribution in [0.4, 0.5) is 0 Å². The lowest BCUT2D eigenvalue weighted by molar-refractivity contribution is 0.0823. The number of aliphatic hydroxyl groups excluding tert-OH is 1. The van der Waals surface area contributed by atoms with Crippen LogP contribution in [0.1, 0.15) is 45.4 Å². The average Bonchev–Trinajstić information content (AvgIpc) is 2.79. The zero-order chi connectivity index (χ0) is 14.0. The molecule has 0 amide bonds. The van der Waals surface area contributed by atoms with Gasteiger partial charge in [0.15, 0.2) is 5.75 Å². The van der Waals surface area contributed by atoms with Gasteiger partial charge in [0.2, 0.25) is 0 Å². The molecule has 4 heteroatoms. The topological polar surface area (TPSA) is 47.3 Å². The first kappa shape index (κ1) is 14.1. The van der Waals surface area contributed by atoms with E-state index in [4.69, 9.17) is 4.74 Å². The first-order valence-electron chi connectivity index (χ1n) is 7.01. The minimum Gasteiger partial charge on any atom is -0.493 e. The number of aromatic nitrogens is 2. The fourth-order valence-electron chi connectivity index (χ4n) is 3.15. The minimum atomic E-state index is -0.511. The van der Waals surface area contributed by atoms with Crippen molar-refractivity contribution < 1.29 is 9.84 Å². The molecule has 0 aromatic carbocycles. The van der Waals surface area contributed by atoms with E-state index < -0.39 is 6.10 Å². The number of hydrogen-bond acceptors (Lipinski definition) is 3. The van der Waals surface area contributed by atoms with Gasteiger partial charge in [0.05, 0.1) is 13.3 Å². The molecular weight excluding hydrogens is 240 g/mol. The van der Waals surface area contributed by atoms with Crippen LogP contribution in [0.2, 0.25) is 0 Å². The molecule has 1 heterocycles. The van der Waals surface area contributed by atoms with E-state index in [0.29, 0.717) is 11.7 Å². The van der Waals surface area contributed by atoms with E-state index in [1.807, 2.05) is 11.6 Å². The van der Waals surface area contributed by atoms with Crippen LogP contribution in [-0.4, -0.2) is 22.0 Å². The van der Waals surface area contributed by atoms with Gasteiger partial charge in [-0.05, 0) is 38.5 Å². The quantitative estimate of drug-likeness (QED) is 0.851. The van der Waals surface area contributed by atoms with Crippen molar-refractivity contribution >= 4 is 0 Å². The van der Waals surface area contributed by atoms with Crippen molar-refractivity contribution in [1.82, 2.24) is 9.78 Å². The number of hydrogen-bond donors (Lipinski definition) is 1. The second-order valence-corrected chi connectivity index (χ2v) is 5.55. The van der Waals surface area contributed by atoms with Crippen molar-refractivity contribution in [2.24, 2.45) is 11.8 Å². The standard InChI is InChI=1S/C15H24N2O2/c1-5-17-14(13(19-4)9-16-17)15(18)12-7-10(2)6-11(3)8-12/h6,9-10,12,15,18H,5,7-8H2,1-4H3. The van der Waals surface area contributed by atoms with Crippen LogP contribution >= 0.6 is 0 Å². The van der Waals surface area contributed by atoms with Crippen LogP contribution < -0.4 is 4.74 Å². The van der Waals surface area contributed by atoms with Crippen LogP contribution in [0.5, 0.6) is 5.75 Å². The zero-order valence-electron chi connectivity index (χ0n) is 12.3.